The minimum absolute atomic E-state index is 0.112. The number of hydrogen-bond donors (Lipinski definition) is 2. The van der Waals surface area contributed by atoms with Crippen molar-refractivity contribution in [1.82, 2.24) is 20.1 Å². The van der Waals surface area contributed by atoms with E-state index in [9.17, 15) is 4.79 Å². The van der Waals surface area contributed by atoms with Crippen molar-refractivity contribution in [3.05, 3.63) is 10.5 Å². The quantitative estimate of drug-likeness (QED) is 0.739. The minimum Gasteiger partial charge on any atom is -0.313 e. The summed E-state index contributed by atoms with van der Waals surface area (Å²) < 4.78 is 1.72. The van der Waals surface area contributed by atoms with Gasteiger partial charge in [-0.05, 0) is 39.2 Å². The first-order chi connectivity index (χ1) is 8.63. The van der Waals surface area contributed by atoms with E-state index < -0.39 is 0 Å². The topological polar surface area (TPSA) is 62.7 Å². The molecular formula is C12H22N4OS. The maximum absolute atomic E-state index is 11.6. The Hall–Kier alpha value is -0.750. The van der Waals surface area contributed by atoms with E-state index in [4.69, 9.17) is 0 Å². The van der Waals surface area contributed by atoms with Gasteiger partial charge in [0, 0.05) is 17.8 Å². The molecule has 0 radical (unpaired) electrons. The van der Waals surface area contributed by atoms with Crippen molar-refractivity contribution < 1.29 is 0 Å². The fraction of sp³-hybridized carbons (Fsp3) is 0.833. The van der Waals surface area contributed by atoms with E-state index in [2.05, 4.69) is 22.4 Å². The van der Waals surface area contributed by atoms with Gasteiger partial charge in [0.1, 0.15) is 0 Å². The molecule has 0 saturated heterocycles. The van der Waals surface area contributed by atoms with Crippen molar-refractivity contribution in [2.24, 2.45) is 5.92 Å². The van der Waals surface area contributed by atoms with Crippen LogP contribution in [0.25, 0.3) is 0 Å². The molecule has 5 nitrogen and oxygen atoms in total. The highest BCUT2D eigenvalue weighted by atomic mass is 32.2. The number of H-pyrrole nitrogens is 1. The lowest BCUT2D eigenvalue weighted by molar-refractivity contribution is 0.514. The molecule has 1 aliphatic carbocycles. The fourth-order valence-electron chi connectivity index (χ4n) is 2.13. The predicted octanol–water partition coefficient (Wildman–Crippen LogP) is 1.63. The van der Waals surface area contributed by atoms with Crippen molar-refractivity contribution in [3.8, 4) is 0 Å². The number of aromatic nitrogens is 3. The highest BCUT2D eigenvalue weighted by molar-refractivity contribution is 7.99. The summed E-state index contributed by atoms with van der Waals surface area (Å²) in [7, 11) is 0. The monoisotopic (exact) mass is 270 g/mol. The summed E-state index contributed by atoms with van der Waals surface area (Å²) in [4.78, 5) is 11.6. The molecule has 0 aliphatic heterocycles. The van der Waals surface area contributed by atoms with Crippen molar-refractivity contribution in [1.29, 1.82) is 0 Å². The third kappa shape index (κ3) is 3.17. The predicted molar refractivity (Wildman–Crippen MR) is 74.1 cm³/mol. The number of nitrogens with zero attached hydrogens (tertiary/aromatic N) is 2. The average Bonchev–Trinajstić information content (AvgIpc) is 3.08. The molecule has 1 aromatic heterocycles. The molecule has 0 aromatic carbocycles. The molecule has 18 heavy (non-hydrogen) atoms. The Kier molecular flexibility index (Phi) is 4.50. The van der Waals surface area contributed by atoms with Crippen LogP contribution < -0.4 is 11.0 Å². The van der Waals surface area contributed by atoms with Gasteiger partial charge in [0.2, 0.25) is 0 Å². The third-order valence-corrected chi connectivity index (χ3v) is 4.31. The summed E-state index contributed by atoms with van der Waals surface area (Å²) >= 11 is 1.67. The second-order valence-corrected chi connectivity index (χ2v) is 6.07. The van der Waals surface area contributed by atoms with Crippen molar-refractivity contribution >= 4 is 11.8 Å². The molecule has 1 aliphatic rings. The first kappa shape index (κ1) is 13.7. The molecule has 1 saturated carbocycles. The van der Waals surface area contributed by atoms with Gasteiger partial charge in [-0.25, -0.2) is 9.89 Å². The Morgan fingerprint density at radius 2 is 2.28 bits per heavy atom. The highest BCUT2D eigenvalue weighted by Crippen LogP contribution is 2.34. The molecule has 1 heterocycles. The molecule has 1 unspecified atom stereocenters. The molecule has 6 heteroatoms. The molecular weight excluding hydrogens is 248 g/mol. The van der Waals surface area contributed by atoms with E-state index in [1.54, 1.807) is 16.3 Å². The van der Waals surface area contributed by atoms with E-state index in [0.717, 1.165) is 23.4 Å². The number of rotatable bonds is 7. The van der Waals surface area contributed by atoms with E-state index in [0.29, 0.717) is 6.04 Å². The fourth-order valence-corrected chi connectivity index (χ4v) is 3.40. The van der Waals surface area contributed by atoms with E-state index in [1.807, 2.05) is 13.8 Å². The Balaban J connectivity index is 1.98. The molecule has 2 rings (SSSR count). The molecule has 1 atom stereocenters. The number of thioether (sulfide) groups is 1. The molecule has 0 bridgehead atoms. The van der Waals surface area contributed by atoms with Crippen LogP contribution in [0.5, 0.6) is 0 Å². The van der Waals surface area contributed by atoms with Gasteiger partial charge in [-0.2, -0.15) is 0 Å². The van der Waals surface area contributed by atoms with Gasteiger partial charge >= 0.3 is 5.69 Å². The lowest BCUT2D eigenvalue weighted by Gasteiger charge is -2.16. The summed E-state index contributed by atoms with van der Waals surface area (Å²) in [5.74, 6) is 1.80. The normalized spacial score (nSPS) is 17.3. The van der Waals surface area contributed by atoms with Crippen LogP contribution in [0, 0.1) is 5.92 Å². The van der Waals surface area contributed by atoms with Crippen LogP contribution in [-0.4, -0.2) is 33.1 Å². The maximum atomic E-state index is 11.6. The van der Waals surface area contributed by atoms with Crippen LogP contribution in [0.2, 0.25) is 0 Å². The van der Waals surface area contributed by atoms with E-state index in [1.165, 1.54) is 12.8 Å². The van der Waals surface area contributed by atoms with Gasteiger partial charge in [0.05, 0.1) is 0 Å². The second kappa shape index (κ2) is 5.93. The summed E-state index contributed by atoms with van der Waals surface area (Å²) in [6.07, 6.45) is 2.66. The molecule has 2 N–H and O–H groups in total. The van der Waals surface area contributed by atoms with Gasteiger partial charge in [-0.3, -0.25) is 4.57 Å². The van der Waals surface area contributed by atoms with Gasteiger partial charge in [-0.15, -0.1) is 5.10 Å². The largest absolute Gasteiger partial charge is 0.344 e. The number of nitrogens with one attached hydrogen (secondary N) is 2. The molecule has 1 aromatic rings. The van der Waals surface area contributed by atoms with Crippen LogP contribution in [-0.2, 0) is 0 Å². The number of aromatic amines is 1. The van der Waals surface area contributed by atoms with Gasteiger partial charge in [-0.1, -0.05) is 18.7 Å². The zero-order valence-electron chi connectivity index (χ0n) is 11.3. The molecule has 0 spiro atoms. The van der Waals surface area contributed by atoms with E-state index >= 15 is 0 Å². The molecule has 102 valence electrons. The Morgan fingerprint density at radius 1 is 1.56 bits per heavy atom. The number of hydrogen-bond acceptors (Lipinski definition) is 4. The van der Waals surface area contributed by atoms with Gasteiger partial charge < -0.3 is 5.32 Å². The zero-order valence-corrected chi connectivity index (χ0v) is 12.1. The van der Waals surface area contributed by atoms with Crippen LogP contribution in [0.3, 0.4) is 0 Å². The van der Waals surface area contributed by atoms with Crippen molar-refractivity contribution in [2.75, 3.05) is 12.3 Å². The highest BCUT2D eigenvalue weighted by Gasteiger charge is 2.30. The maximum Gasteiger partial charge on any atom is 0.344 e. The third-order valence-electron chi connectivity index (χ3n) is 3.24. The Bertz CT molecular complexity index is 436. The minimum atomic E-state index is -0.112. The lowest BCUT2D eigenvalue weighted by Crippen LogP contribution is -2.33. The van der Waals surface area contributed by atoms with Crippen LogP contribution in [0.15, 0.2) is 9.95 Å². The summed E-state index contributed by atoms with van der Waals surface area (Å²) in [6.45, 7) is 7.14. The van der Waals surface area contributed by atoms with Crippen LogP contribution in [0.1, 0.15) is 39.7 Å². The first-order valence-electron chi connectivity index (χ1n) is 6.66. The summed E-state index contributed by atoms with van der Waals surface area (Å²) in [5.41, 5.74) is -0.112. The Labute approximate surface area is 112 Å². The van der Waals surface area contributed by atoms with Gasteiger partial charge in [0.25, 0.3) is 0 Å². The van der Waals surface area contributed by atoms with Crippen molar-refractivity contribution in [3.63, 3.8) is 0 Å². The molecule has 0 amide bonds. The first-order valence-corrected chi connectivity index (χ1v) is 7.65. The van der Waals surface area contributed by atoms with Gasteiger partial charge in [0.15, 0.2) is 5.16 Å². The lowest BCUT2D eigenvalue weighted by atomic mass is 10.2. The standard InChI is InChI=1S/C12H22N4OS/c1-4-13-10(9-5-6-9)7-18-12-15-14-11(17)16(12)8(2)3/h8-10,13H,4-7H2,1-3H3,(H,14,17). The van der Waals surface area contributed by atoms with Crippen molar-refractivity contribution in [2.45, 2.75) is 50.9 Å². The Morgan fingerprint density at radius 3 is 2.83 bits per heavy atom. The average molecular weight is 270 g/mol. The zero-order chi connectivity index (χ0) is 13.1. The summed E-state index contributed by atoms with van der Waals surface area (Å²) in [6, 6.07) is 0.699. The van der Waals surface area contributed by atoms with Crippen LogP contribution >= 0.6 is 11.8 Å². The summed E-state index contributed by atoms with van der Waals surface area (Å²) in [5, 5.41) is 11.0. The van der Waals surface area contributed by atoms with Crippen LogP contribution in [0.4, 0.5) is 0 Å². The SMILES string of the molecule is CCNC(CSc1n[nH]c(=O)n1C(C)C)C1CC1. The van der Waals surface area contributed by atoms with E-state index in [-0.39, 0.29) is 11.7 Å². The smallest absolute Gasteiger partial charge is 0.313 e. The molecule has 1 fully saturated rings. The second-order valence-electron chi connectivity index (χ2n) is 5.09.